The molecule has 2 aliphatic heterocycles. The van der Waals surface area contributed by atoms with Crippen molar-refractivity contribution in [1.82, 2.24) is 14.7 Å². The lowest BCUT2D eigenvalue weighted by Gasteiger charge is -2.38. The average molecular weight is 341 g/mol. The number of hydrogen-bond donors (Lipinski definition) is 1. The van der Waals surface area contributed by atoms with Gasteiger partial charge in [-0.1, -0.05) is 0 Å². The number of aryl methyl sites for hydroxylation is 1. The molecule has 25 heavy (non-hydrogen) atoms. The van der Waals surface area contributed by atoms with Crippen LogP contribution >= 0.6 is 0 Å². The summed E-state index contributed by atoms with van der Waals surface area (Å²) in [5.41, 5.74) is 1.75. The smallest absolute Gasteiger partial charge is 0.253 e. The van der Waals surface area contributed by atoms with Gasteiger partial charge in [0.1, 0.15) is 5.75 Å². The molecule has 6 heteroatoms. The van der Waals surface area contributed by atoms with Crippen LogP contribution in [0.3, 0.4) is 0 Å². The maximum absolute atomic E-state index is 12.6. The third-order valence-corrected chi connectivity index (χ3v) is 5.48. The maximum Gasteiger partial charge on any atom is 0.253 e. The molecule has 1 aromatic heterocycles. The van der Waals surface area contributed by atoms with E-state index in [1.807, 2.05) is 22.8 Å². The van der Waals surface area contributed by atoms with Crippen LogP contribution in [-0.2, 0) is 11.8 Å². The number of rotatable bonds is 2. The number of amides is 1. The molecule has 2 aromatic rings. The van der Waals surface area contributed by atoms with Crippen molar-refractivity contribution in [3.05, 3.63) is 47.8 Å². The van der Waals surface area contributed by atoms with Crippen LogP contribution in [0, 0.1) is 0 Å². The molecule has 3 heterocycles. The second-order valence-electron chi connectivity index (χ2n) is 7.18. The Hall–Kier alpha value is -2.34. The lowest BCUT2D eigenvalue weighted by molar-refractivity contribution is -0.0388. The topological polar surface area (TPSA) is 67.6 Å². The highest BCUT2D eigenvalue weighted by atomic mass is 16.5. The highest BCUT2D eigenvalue weighted by molar-refractivity contribution is 5.94. The number of likely N-dealkylation sites (tertiary alicyclic amines) is 1. The number of carbonyl (C=O) groups is 1. The quantitative estimate of drug-likeness (QED) is 0.910. The van der Waals surface area contributed by atoms with E-state index in [0.29, 0.717) is 24.6 Å². The average Bonchev–Trinajstić information content (AvgIpc) is 3.23. The first kappa shape index (κ1) is 16.1. The Kier molecular flexibility index (Phi) is 4.00. The zero-order valence-electron chi connectivity index (χ0n) is 14.4. The number of aromatic hydroxyl groups is 1. The summed E-state index contributed by atoms with van der Waals surface area (Å²) in [6, 6.07) is 6.45. The Morgan fingerprint density at radius 2 is 2.00 bits per heavy atom. The molecule has 1 aromatic carbocycles. The molecular weight excluding hydrogens is 318 g/mol. The second-order valence-corrected chi connectivity index (χ2v) is 7.18. The van der Waals surface area contributed by atoms with Crippen LogP contribution in [0.5, 0.6) is 5.75 Å². The molecule has 4 rings (SSSR count). The predicted octanol–water partition coefficient (Wildman–Crippen LogP) is 2.30. The first-order valence-corrected chi connectivity index (χ1v) is 8.75. The van der Waals surface area contributed by atoms with Crippen molar-refractivity contribution in [2.45, 2.75) is 30.8 Å². The number of carbonyl (C=O) groups excluding carboxylic acids is 1. The summed E-state index contributed by atoms with van der Waals surface area (Å²) in [6.07, 6.45) is 6.73. The standard InChI is InChI=1S/C19H23N3O3/c1-21-12-16(11-20-21)15-10-19(25-13-15)6-8-22(9-7-19)18(24)14-2-4-17(23)5-3-14/h2-5,11-12,15,23H,6-10,13H2,1H3. The van der Waals surface area contributed by atoms with Gasteiger partial charge in [-0.3, -0.25) is 9.48 Å². The first-order valence-electron chi connectivity index (χ1n) is 8.75. The number of hydrogen-bond acceptors (Lipinski definition) is 4. The molecule has 0 saturated carbocycles. The number of piperidine rings is 1. The molecule has 1 spiro atoms. The van der Waals surface area contributed by atoms with Crippen LogP contribution in [-0.4, -0.2) is 51.0 Å². The molecule has 0 radical (unpaired) electrons. The lowest BCUT2D eigenvalue weighted by atomic mass is 9.83. The lowest BCUT2D eigenvalue weighted by Crippen LogP contribution is -2.46. The van der Waals surface area contributed by atoms with E-state index < -0.39 is 0 Å². The van der Waals surface area contributed by atoms with Crippen LogP contribution in [0.2, 0.25) is 0 Å². The van der Waals surface area contributed by atoms with Crippen LogP contribution in [0.4, 0.5) is 0 Å². The van der Waals surface area contributed by atoms with E-state index in [9.17, 15) is 9.90 Å². The largest absolute Gasteiger partial charge is 0.508 e. The van der Waals surface area contributed by atoms with Gasteiger partial charge < -0.3 is 14.7 Å². The summed E-state index contributed by atoms with van der Waals surface area (Å²) >= 11 is 0. The van der Waals surface area contributed by atoms with E-state index in [2.05, 4.69) is 11.3 Å². The fraction of sp³-hybridized carbons (Fsp3) is 0.474. The van der Waals surface area contributed by atoms with E-state index in [1.165, 1.54) is 5.56 Å². The molecule has 6 nitrogen and oxygen atoms in total. The molecule has 0 aliphatic carbocycles. The van der Waals surface area contributed by atoms with Crippen LogP contribution in [0.1, 0.15) is 41.1 Å². The van der Waals surface area contributed by atoms with Crippen molar-refractivity contribution in [2.75, 3.05) is 19.7 Å². The normalized spacial score (nSPS) is 22.4. The third-order valence-electron chi connectivity index (χ3n) is 5.48. The van der Waals surface area contributed by atoms with Gasteiger partial charge in [0.2, 0.25) is 0 Å². The molecule has 1 amide bonds. The van der Waals surface area contributed by atoms with Crippen molar-refractivity contribution in [1.29, 1.82) is 0 Å². The Labute approximate surface area is 147 Å². The number of benzene rings is 1. The van der Waals surface area contributed by atoms with Gasteiger partial charge in [-0.15, -0.1) is 0 Å². The second kappa shape index (κ2) is 6.19. The summed E-state index contributed by atoms with van der Waals surface area (Å²) in [7, 11) is 1.93. The highest BCUT2D eigenvalue weighted by Gasteiger charge is 2.44. The fourth-order valence-corrected chi connectivity index (χ4v) is 3.96. The number of nitrogens with zero attached hydrogens (tertiary/aromatic N) is 3. The van der Waals surface area contributed by atoms with Gasteiger partial charge in [-0.2, -0.15) is 5.10 Å². The van der Waals surface area contributed by atoms with Gasteiger partial charge in [0, 0.05) is 37.8 Å². The highest BCUT2D eigenvalue weighted by Crippen LogP contribution is 2.42. The molecule has 2 fully saturated rings. The number of aromatic nitrogens is 2. The van der Waals surface area contributed by atoms with Gasteiger partial charge in [0.25, 0.3) is 5.91 Å². The van der Waals surface area contributed by atoms with Gasteiger partial charge >= 0.3 is 0 Å². The summed E-state index contributed by atoms with van der Waals surface area (Å²) in [5.74, 6) is 0.597. The van der Waals surface area contributed by atoms with E-state index >= 15 is 0 Å². The predicted molar refractivity (Wildman–Crippen MR) is 92.5 cm³/mol. The Morgan fingerprint density at radius 3 is 2.64 bits per heavy atom. The van der Waals surface area contributed by atoms with Crippen molar-refractivity contribution in [2.24, 2.45) is 7.05 Å². The number of phenols is 1. The first-order chi connectivity index (χ1) is 12.0. The Morgan fingerprint density at radius 1 is 1.28 bits per heavy atom. The van der Waals surface area contributed by atoms with Gasteiger partial charge in [-0.25, -0.2) is 0 Å². The van der Waals surface area contributed by atoms with Crippen molar-refractivity contribution < 1.29 is 14.6 Å². The zero-order valence-corrected chi connectivity index (χ0v) is 14.4. The molecular formula is C19H23N3O3. The molecule has 1 atom stereocenters. The molecule has 0 bridgehead atoms. The van der Waals surface area contributed by atoms with Crippen molar-refractivity contribution in [3.8, 4) is 5.75 Å². The monoisotopic (exact) mass is 341 g/mol. The molecule has 1 N–H and O–H groups in total. The van der Waals surface area contributed by atoms with Gasteiger partial charge in [-0.05, 0) is 49.1 Å². The van der Waals surface area contributed by atoms with Gasteiger partial charge in [0.05, 0.1) is 18.4 Å². The van der Waals surface area contributed by atoms with Crippen LogP contribution < -0.4 is 0 Å². The fourth-order valence-electron chi connectivity index (χ4n) is 3.96. The molecule has 1 unspecified atom stereocenters. The van der Waals surface area contributed by atoms with Crippen molar-refractivity contribution in [3.63, 3.8) is 0 Å². The summed E-state index contributed by atoms with van der Waals surface area (Å²) in [4.78, 5) is 14.5. The third kappa shape index (κ3) is 3.14. The SMILES string of the molecule is Cn1cc(C2COC3(CCN(C(=O)c4ccc(O)cc4)CC3)C2)cn1. The summed E-state index contributed by atoms with van der Waals surface area (Å²) in [6.45, 7) is 2.15. The Bertz CT molecular complexity index is 760. The van der Waals surface area contributed by atoms with Crippen LogP contribution in [0.25, 0.3) is 0 Å². The molecule has 2 saturated heterocycles. The van der Waals surface area contributed by atoms with E-state index in [-0.39, 0.29) is 17.3 Å². The van der Waals surface area contributed by atoms with E-state index in [4.69, 9.17) is 4.74 Å². The summed E-state index contributed by atoms with van der Waals surface area (Å²) in [5, 5.41) is 13.6. The molecule has 132 valence electrons. The molecule has 2 aliphatic rings. The number of phenolic OH excluding ortho intramolecular Hbond substituents is 1. The minimum atomic E-state index is -0.105. The number of ether oxygens (including phenoxy) is 1. The minimum Gasteiger partial charge on any atom is -0.508 e. The summed E-state index contributed by atoms with van der Waals surface area (Å²) < 4.78 is 8.03. The zero-order chi connectivity index (χ0) is 17.4. The van der Waals surface area contributed by atoms with E-state index in [1.54, 1.807) is 24.3 Å². The van der Waals surface area contributed by atoms with Gasteiger partial charge in [0.15, 0.2) is 0 Å². The van der Waals surface area contributed by atoms with Crippen molar-refractivity contribution >= 4 is 5.91 Å². The van der Waals surface area contributed by atoms with E-state index in [0.717, 1.165) is 25.9 Å². The Balaban J connectivity index is 1.38. The van der Waals surface area contributed by atoms with Crippen LogP contribution in [0.15, 0.2) is 36.7 Å². The minimum absolute atomic E-state index is 0.0247. The maximum atomic E-state index is 12.6.